The highest BCUT2D eigenvalue weighted by atomic mass is 14.9. The van der Waals surface area contributed by atoms with Crippen molar-refractivity contribution in [2.45, 2.75) is 45.4 Å². The molecule has 0 heterocycles. The van der Waals surface area contributed by atoms with Crippen molar-refractivity contribution in [1.29, 1.82) is 0 Å². The molecule has 0 aromatic rings. The number of allylic oxidation sites excluding steroid dienone is 1. The molecule has 0 aromatic heterocycles. The lowest BCUT2D eigenvalue weighted by atomic mass is 10.1. The zero-order chi connectivity index (χ0) is 10.6. The first-order chi connectivity index (χ1) is 6.81. The molecule has 0 fully saturated rings. The van der Waals surface area contributed by atoms with Crippen LogP contribution in [0.25, 0.3) is 0 Å². The number of hydrogen-bond acceptors (Lipinski definition) is 2. The van der Waals surface area contributed by atoms with Crippen LogP contribution in [0.4, 0.5) is 0 Å². The van der Waals surface area contributed by atoms with Gasteiger partial charge in [-0.1, -0.05) is 32.8 Å². The molecule has 0 saturated carbocycles. The summed E-state index contributed by atoms with van der Waals surface area (Å²) in [5, 5.41) is 6.49. The maximum atomic E-state index is 4.02. The first kappa shape index (κ1) is 13.5. The Kier molecular flexibility index (Phi) is 10.2. The Labute approximate surface area is 89.2 Å². The van der Waals surface area contributed by atoms with Gasteiger partial charge in [-0.05, 0) is 32.9 Å². The van der Waals surface area contributed by atoms with Crippen molar-refractivity contribution in [1.82, 2.24) is 10.6 Å². The van der Waals surface area contributed by atoms with E-state index in [0.29, 0.717) is 0 Å². The number of rotatable bonds is 10. The Hall–Kier alpha value is -0.500. The molecule has 84 valence electrons. The van der Waals surface area contributed by atoms with Crippen LogP contribution in [0, 0.1) is 0 Å². The number of nitrogens with one attached hydrogen (secondary N) is 2. The SMILES string of the molecule is C=C(CCCCCC)NCCCNC. The Morgan fingerprint density at radius 2 is 1.86 bits per heavy atom. The summed E-state index contributed by atoms with van der Waals surface area (Å²) in [6.07, 6.45) is 7.60. The van der Waals surface area contributed by atoms with Crippen LogP contribution in [0.3, 0.4) is 0 Å². The molecule has 0 unspecified atom stereocenters. The molecule has 0 aliphatic heterocycles. The normalized spacial score (nSPS) is 10.1. The molecule has 0 radical (unpaired) electrons. The van der Waals surface area contributed by atoms with Gasteiger partial charge in [0, 0.05) is 12.2 Å². The zero-order valence-electron chi connectivity index (χ0n) is 9.86. The van der Waals surface area contributed by atoms with Crippen LogP contribution in [0.15, 0.2) is 12.3 Å². The van der Waals surface area contributed by atoms with Gasteiger partial charge in [0.2, 0.25) is 0 Å². The smallest absolute Gasteiger partial charge is 0.0155 e. The van der Waals surface area contributed by atoms with Crippen molar-refractivity contribution in [3.63, 3.8) is 0 Å². The van der Waals surface area contributed by atoms with Gasteiger partial charge < -0.3 is 10.6 Å². The van der Waals surface area contributed by atoms with E-state index in [-0.39, 0.29) is 0 Å². The van der Waals surface area contributed by atoms with Crippen LogP contribution in [0.1, 0.15) is 45.4 Å². The first-order valence-corrected chi connectivity index (χ1v) is 5.87. The Balaban J connectivity index is 3.11. The highest BCUT2D eigenvalue weighted by molar-refractivity contribution is 4.90. The van der Waals surface area contributed by atoms with E-state index in [1.807, 2.05) is 7.05 Å². The summed E-state index contributed by atoms with van der Waals surface area (Å²) >= 11 is 0. The largest absolute Gasteiger partial charge is 0.389 e. The van der Waals surface area contributed by atoms with Gasteiger partial charge in [0.05, 0.1) is 0 Å². The second-order valence-corrected chi connectivity index (χ2v) is 3.80. The number of hydrogen-bond donors (Lipinski definition) is 2. The third-order valence-corrected chi connectivity index (χ3v) is 2.31. The van der Waals surface area contributed by atoms with E-state index in [4.69, 9.17) is 0 Å². The van der Waals surface area contributed by atoms with E-state index >= 15 is 0 Å². The van der Waals surface area contributed by atoms with Crippen LogP contribution >= 0.6 is 0 Å². The van der Waals surface area contributed by atoms with Crippen LogP contribution in [-0.4, -0.2) is 20.1 Å². The monoisotopic (exact) mass is 198 g/mol. The summed E-state index contributed by atoms with van der Waals surface area (Å²) in [6.45, 7) is 8.39. The van der Waals surface area contributed by atoms with Crippen molar-refractivity contribution >= 4 is 0 Å². The van der Waals surface area contributed by atoms with Crippen molar-refractivity contribution in [3.8, 4) is 0 Å². The molecule has 0 spiro atoms. The highest BCUT2D eigenvalue weighted by Gasteiger charge is 1.93. The highest BCUT2D eigenvalue weighted by Crippen LogP contribution is 2.06. The average molecular weight is 198 g/mol. The van der Waals surface area contributed by atoms with Gasteiger partial charge in [-0.3, -0.25) is 0 Å². The van der Waals surface area contributed by atoms with Gasteiger partial charge in [0.15, 0.2) is 0 Å². The molecule has 0 aliphatic rings. The van der Waals surface area contributed by atoms with E-state index in [1.165, 1.54) is 37.8 Å². The Morgan fingerprint density at radius 3 is 2.50 bits per heavy atom. The van der Waals surface area contributed by atoms with E-state index in [9.17, 15) is 0 Å². The van der Waals surface area contributed by atoms with Crippen LogP contribution in [-0.2, 0) is 0 Å². The summed E-state index contributed by atoms with van der Waals surface area (Å²) in [5.74, 6) is 0. The third-order valence-electron chi connectivity index (χ3n) is 2.31. The fourth-order valence-corrected chi connectivity index (χ4v) is 1.38. The molecule has 0 rings (SSSR count). The third kappa shape index (κ3) is 9.59. The zero-order valence-corrected chi connectivity index (χ0v) is 9.86. The molecule has 0 bridgehead atoms. The average Bonchev–Trinajstić information content (AvgIpc) is 2.19. The molecule has 14 heavy (non-hydrogen) atoms. The summed E-state index contributed by atoms with van der Waals surface area (Å²) in [7, 11) is 1.99. The summed E-state index contributed by atoms with van der Waals surface area (Å²) < 4.78 is 0. The van der Waals surface area contributed by atoms with Crippen LogP contribution in [0.5, 0.6) is 0 Å². The van der Waals surface area contributed by atoms with E-state index < -0.39 is 0 Å². The molecule has 2 N–H and O–H groups in total. The lowest BCUT2D eigenvalue weighted by molar-refractivity contribution is 0.621. The van der Waals surface area contributed by atoms with Crippen molar-refractivity contribution < 1.29 is 0 Å². The van der Waals surface area contributed by atoms with E-state index in [0.717, 1.165) is 19.5 Å². The molecular weight excluding hydrogens is 172 g/mol. The molecular formula is C12H26N2. The predicted molar refractivity (Wildman–Crippen MR) is 64.4 cm³/mol. The lowest BCUT2D eigenvalue weighted by Crippen LogP contribution is -2.18. The standard InChI is InChI=1S/C12H26N2/c1-4-5-6-7-9-12(2)14-11-8-10-13-3/h13-14H,2,4-11H2,1,3H3. The minimum Gasteiger partial charge on any atom is -0.389 e. The van der Waals surface area contributed by atoms with Crippen molar-refractivity contribution in [2.75, 3.05) is 20.1 Å². The van der Waals surface area contributed by atoms with Crippen LogP contribution in [0.2, 0.25) is 0 Å². The molecule has 0 aliphatic carbocycles. The molecule has 2 nitrogen and oxygen atoms in total. The van der Waals surface area contributed by atoms with Gasteiger partial charge in [0.25, 0.3) is 0 Å². The lowest BCUT2D eigenvalue weighted by Gasteiger charge is -2.08. The summed E-state index contributed by atoms with van der Waals surface area (Å²) in [4.78, 5) is 0. The van der Waals surface area contributed by atoms with E-state index in [1.54, 1.807) is 0 Å². The van der Waals surface area contributed by atoms with Gasteiger partial charge in [0.1, 0.15) is 0 Å². The van der Waals surface area contributed by atoms with Gasteiger partial charge >= 0.3 is 0 Å². The molecule has 0 aromatic carbocycles. The maximum Gasteiger partial charge on any atom is 0.0155 e. The summed E-state index contributed by atoms with van der Waals surface area (Å²) in [6, 6.07) is 0. The van der Waals surface area contributed by atoms with Gasteiger partial charge in [-0.2, -0.15) is 0 Å². The van der Waals surface area contributed by atoms with E-state index in [2.05, 4.69) is 24.1 Å². The van der Waals surface area contributed by atoms with Gasteiger partial charge in [-0.15, -0.1) is 0 Å². The molecule has 2 heteroatoms. The first-order valence-electron chi connectivity index (χ1n) is 5.87. The second-order valence-electron chi connectivity index (χ2n) is 3.80. The van der Waals surface area contributed by atoms with Crippen molar-refractivity contribution in [3.05, 3.63) is 12.3 Å². The van der Waals surface area contributed by atoms with Crippen molar-refractivity contribution in [2.24, 2.45) is 0 Å². The fraction of sp³-hybridized carbons (Fsp3) is 0.833. The Morgan fingerprint density at radius 1 is 1.07 bits per heavy atom. The quantitative estimate of drug-likeness (QED) is 0.527. The molecule has 0 saturated heterocycles. The molecule has 0 atom stereocenters. The van der Waals surface area contributed by atoms with Gasteiger partial charge in [-0.25, -0.2) is 0 Å². The van der Waals surface area contributed by atoms with Crippen LogP contribution < -0.4 is 10.6 Å². The minimum absolute atomic E-state index is 1.05. The predicted octanol–water partition coefficient (Wildman–Crippen LogP) is 2.67. The number of unbranched alkanes of at least 4 members (excludes halogenated alkanes) is 3. The summed E-state index contributed by atoms with van der Waals surface area (Å²) in [5.41, 5.74) is 1.21. The molecule has 0 amide bonds. The minimum atomic E-state index is 1.05. The maximum absolute atomic E-state index is 4.02. The Bertz CT molecular complexity index is 118. The topological polar surface area (TPSA) is 24.1 Å². The fourth-order valence-electron chi connectivity index (χ4n) is 1.38. The second kappa shape index (κ2) is 10.6.